The van der Waals surface area contributed by atoms with E-state index >= 15 is 0 Å². The van der Waals surface area contributed by atoms with E-state index in [-0.39, 0.29) is 12.5 Å². The van der Waals surface area contributed by atoms with E-state index in [0.717, 1.165) is 10.0 Å². The Morgan fingerprint density at radius 3 is 2.88 bits per heavy atom. The van der Waals surface area contributed by atoms with E-state index in [1.165, 1.54) is 5.56 Å². The molecule has 0 radical (unpaired) electrons. The number of nitriles is 1. The van der Waals surface area contributed by atoms with Gasteiger partial charge in [0, 0.05) is 30.3 Å². The van der Waals surface area contributed by atoms with E-state index in [1.807, 2.05) is 34.9 Å². The molecule has 1 fully saturated rings. The molecule has 0 spiro atoms. The molecular weight excluding hydrogens is 368 g/mol. The highest BCUT2D eigenvalue weighted by molar-refractivity contribution is 9.10. The SMILES string of the molecule is Cc1cccc(CN2CCN(c3ncc(Br)cc3C#N)CC2=O)c1. The van der Waals surface area contributed by atoms with Crippen molar-refractivity contribution in [3.05, 3.63) is 57.7 Å². The smallest absolute Gasteiger partial charge is 0.242 e. The van der Waals surface area contributed by atoms with Crippen molar-refractivity contribution in [1.82, 2.24) is 9.88 Å². The zero-order valence-corrected chi connectivity index (χ0v) is 15.0. The molecule has 1 aromatic carbocycles. The van der Waals surface area contributed by atoms with Crippen LogP contribution in [0.5, 0.6) is 0 Å². The minimum absolute atomic E-state index is 0.0522. The molecular formula is C18H17BrN4O. The van der Waals surface area contributed by atoms with Gasteiger partial charge in [0.15, 0.2) is 0 Å². The fourth-order valence-electron chi connectivity index (χ4n) is 2.85. The second-order valence-electron chi connectivity index (χ2n) is 5.86. The molecule has 6 heteroatoms. The van der Waals surface area contributed by atoms with Gasteiger partial charge in [0.25, 0.3) is 0 Å². The van der Waals surface area contributed by atoms with Gasteiger partial charge < -0.3 is 9.80 Å². The number of halogens is 1. The van der Waals surface area contributed by atoms with Crippen LogP contribution in [0.1, 0.15) is 16.7 Å². The molecule has 0 bridgehead atoms. The van der Waals surface area contributed by atoms with Crippen LogP contribution in [0.15, 0.2) is 41.0 Å². The Labute approximate surface area is 149 Å². The number of hydrogen-bond donors (Lipinski definition) is 0. The van der Waals surface area contributed by atoms with Crippen molar-refractivity contribution in [2.75, 3.05) is 24.5 Å². The Morgan fingerprint density at radius 2 is 2.17 bits per heavy atom. The molecule has 0 unspecified atom stereocenters. The fourth-order valence-corrected chi connectivity index (χ4v) is 3.18. The number of carbonyl (C=O) groups is 1. The number of aryl methyl sites for hydroxylation is 1. The summed E-state index contributed by atoms with van der Waals surface area (Å²) >= 11 is 3.32. The third-order valence-electron chi connectivity index (χ3n) is 4.03. The maximum Gasteiger partial charge on any atom is 0.242 e. The third kappa shape index (κ3) is 3.57. The van der Waals surface area contributed by atoms with E-state index < -0.39 is 0 Å². The van der Waals surface area contributed by atoms with E-state index in [4.69, 9.17) is 0 Å². The predicted octanol–water partition coefficient (Wildman–Crippen LogP) is 2.87. The third-order valence-corrected chi connectivity index (χ3v) is 4.46. The zero-order chi connectivity index (χ0) is 17.1. The average molecular weight is 385 g/mol. The lowest BCUT2D eigenvalue weighted by atomic mass is 10.1. The first kappa shape index (κ1) is 16.5. The van der Waals surface area contributed by atoms with Crippen molar-refractivity contribution < 1.29 is 4.79 Å². The minimum Gasteiger partial charge on any atom is -0.344 e. The number of amides is 1. The number of hydrogen-bond acceptors (Lipinski definition) is 4. The summed E-state index contributed by atoms with van der Waals surface area (Å²) in [6.45, 7) is 4.20. The van der Waals surface area contributed by atoms with Crippen molar-refractivity contribution >= 4 is 27.7 Å². The topological polar surface area (TPSA) is 60.2 Å². The average Bonchev–Trinajstić information content (AvgIpc) is 2.56. The number of nitrogens with zero attached hydrogens (tertiary/aromatic N) is 4. The lowest BCUT2D eigenvalue weighted by molar-refractivity contribution is -0.131. The first-order chi connectivity index (χ1) is 11.6. The zero-order valence-electron chi connectivity index (χ0n) is 13.4. The van der Waals surface area contributed by atoms with E-state index in [2.05, 4.69) is 33.0 Å². The van der Waals surface area contributed by atoms with Crippen LogP contribution < -0.4 is 4.90 Å². The Morgan fingerprint density at radius 1 is 1.33 bits per heavy atom. The molecule has 0 N–H and O–H groups in total. The van der Waals surface area contributed by atoms with Gasteiger partial charge in [-0.2, -0.15) is 5.26 Å². The summed E-state index contributed by atoms with van der Waals surface area (Å²) in [5.74, 6) is 0.626. The maximum absolute atomic E-state index is 12.5. The van der Waals surface area contributed by atoms with Gasteiger partial charge in [-0.15, -0.1) is 0 Å². The first-order valence-electron chi connectivity index (χ1n) is 7.71. The van der Waals surface area contributed by atoms with Crippen LogP contribution >= 0.6 is 15.9 Å². The molecule has 0 saturated carbocycles. The summed E-state index contributed by atoms with van der Waals surface area (Å²) in [6, 6.07) is 12.1. The molecule has 24 heavy (non-hydrogen) atoms. The van der Waals surface area contributed by atoms with Crippen LogP contribution in [0.25, 0.3) is 0 Å². The normalized spacial score (nSPS) is 14.6. The van der Waals surface area contributed by atoms with Crippen molar-refractivity contribution in [2.24, 2.45) is 0 Å². The van der Waals surface area contributed by atoms with Gasteiger partial charge >= 0.3 is 0 Å². The minimum atomic E-state index is 0.0522. The van der Waals surface area contributed by atoms with Gasteiger partial charge in [0.05, 0.1) is 12.1 Å². The molecule has 2 heterocycles. The van der Waals surface area contributed by atoms with Crippen molar-refractivity contribution in [1.29, 1.82) is 5.26 Å². The molecule has 0 aliphatic carbocycles. The Kier molecular flexibility index (Phi) is 4.81. The molecule has 1 amide bonds. The predicted molar refractivity (Wildman–Crippen MR) is 95.5 cm³/mol. The van der Waals surface area contributed by atoms with E-state index in [9.17, 15) is 10.1 Å². The van der Waals surface area contributed by atoms with Gasteiger partial charge in [-0.25, -0.2) is 4.98 Å². The molecule has 0 atom stereocenters. The molecule has 3 rings (SSSR count). The monoisotopic (exact) mass is 384 g/mol. The van der Waals surface area contributed by atoms with Crippen LogP contribution in [-0.4, -0.2) is 35.4 Å². The second kappa shape index (κ2) is 7.02. The first-order valence-corrected chi connectivity index (χ1v) is 8.50. The van der Waals surface area contributed by atoms with Crippen LogP contribution in [0, 0.1) is 18.3 Å². The number of carbonyl (C=O) groups excluding carboxylic acids is 1. The summed E-state index contributed by atoms with van der Waals surface area (Å²) < 4.78 is 0.757. The summed E-state index contributed by atoms with van der Waals surface area (Å²) in [7, 11) is 0. The van der Waals surface area contributed by atoms with Crippen molar-refractivity contribution in [3.63, 3.8) is 0 Å². The van der Waals surface area contributed by atoms with Crippen LogP contribution in [0.3, 0.4) is 0 Å². The summed E-state index contributed by atoms with van der Waals surface area (Å²) in [5.41, 5.74) is 2.80. The molecule has 1 aliphatic heterocycles. The van der Waals surface area contributed by atoms with Gasteiger partial charge in [-0.05, 0) is 34.5 Å². The molecule has 1 aliphatic rings. The molecule has 2 aromatic rings. The number of pyridine rings is 1. The fraction of sp³-hybridized carbons (Fsp3) is 0.278. The number of benzene rings is 1. The lowest BCUT2D eigenvalue weighted by Gasteiger charge is -2.35. The summed E-state index contributed by atoms with van der Waals surface area (Å²) in [4.78, 5) is 20.5. The number of rotatable bonds is 3. The second-order valence-corrected chi connectivity index (χ2v) is 6.78. The molecule has 1 aromatic heterocycles. The van der Waals surface area contributed by atoms with E-state index in [0.29, 0.717) is 31.0 Å². The number of anilines is 1. The highest BCUT2D eigenvalue weighted by atomic mass is 79.9. The number of aromatic nitrogens is 1. The lowest BCUT2D eigenvalue weighted by Crippen LogP contribution is -2.50. The largest absolute Gasteiger partial charge is 0.344 e. The van der Waals surface area contributed by atoms with Gasteiger partial charge in [0.2, 0.25) is 5.91 Å². The highest BCUT2D eigenvalue weighted by Crippen LogP contribution is 2.23. The standard InChI is InChI=1S/C18H17BrN4O/c1-13-3-2-4-14(7-13)11-22-5-6-23(12-17(22)24)18-15(9-20)8-16(19)10-21-18/h2-4,7-8,10H,5-6,11-12H2,1H3. The Bertz CT molecular complexity index is 815. The van der Waals surface area contributed by atoms with Gasteiger partial charge in [0.1, 0.15) is 11.9 Å². The quantitative estimate of drug-likeness (QED) is 0.815. The summed E-state index contributed by atoms with van der Waals surface area (Å²) in [6.07, 6.45) is 1.65. The van der Waals surface area contributed by atoms with Crippen LogP contribution in [-0.2, 0) is 11.3 Å². The van der Waals surface area contributed by atoms with E-state index in [1.54, 1.807) is 12.3 Å². The van der Waals surface area contributed by atoms with Gasteiger partial charge in [-0.1, -0.05) is 29.8 Å². The van der Waals surface area contributed by atoms with Crippen molar-refractivity contribution in [2.45, 2.75) is 13.5 Å². The molecule has 122 valence electrons. The molecule has 1 saturated heterocycles. The summed E-state index contributed by atoms with van der Waals surface area (Å²) in [5, 5.41) is 9.28. The number of piperazine rings is 1. The van der Waals surface area contributed by atoms with Gasteiger partial charge in [-0.3, -0.25) is 4.79 Å². The highest BCUT2D eigenvalue weighted by Gasteiger charge is 2.26. The maximum atomic E-state index is 12.5. The Hall–Kier alpha value is -2.39. The van der Waals surface area contributed by atoms with Crippen LogP contribution in [0.4, 0.5) is 5.82 Å². The van der Waals surface area contributed by atoms with Crippen molar-refractivity contribution in [3.8, 4) is 6.07 Å². The van der Waals surface area contributed by atoms with Crippen LogP contribution in [0.2, 0.25) is 0 Å². The molecule has 5 nitrogen and oxygen atoms in total. The Balaban J connectivity index is 1.72.